The van der Waals surface area contributed by atoms with E-state index in [1.54, 1.807) is 18.9 Å². The Bertz CT molecular complexity index is 583. The third-order valence-electron chi connectivity index (χ3n) is 2.65. The van der Waals surface area contributed by atoms with Gasteiger partial charge in [0.1, 0.15) is 6.04 Å². The highest BCUT2D eigenvalue weighted by Crippen LogP contribution is 2.30. The molecule has 2 aromatic rings. The van der Waals surface area contributed by atoms with Gasteiger partial charge in [-0.15, -0.1) is 21.5 Å². The van der Waals surface area contributed by atoms with Gasteiger partial charge in [-0.2, -0.15) is 0 Å². The standard InChI is InChI=1S/C11H12BrN3O3S/c1-6(11(16)17)15(2)5-9-13-14-10(18-9)7-3-4-8(12)19-7/h3-4,6H,5H2,1-2H3,(H,16,17). The molecule has 6 nitrogen and oxygen atoms in total. The van der Waals surface area contributed by atoms with Crippen molar-refractivity contribution >= 4 is 33.2 Å². The number of halogens is 1. The zero-order chi connectivity index (χ0) is 14.0. The van der Waals surface area contributed by atoms with Gasteiger partial charge in [0.05, 0.1) is 15.2 Å². The van der Waals surface area contributed by atoms with E-state index >= 15 is 0 Å². The van der Waals surface area contributed by atoms with E-state index in [-0.39, 0.29) is 0 Å². The van der Waals surface area contributed by atoms with Crippen LogP contribution in [-0.2, 0) is 11.3 Å². The molecule has 2 rings (SSSR count). The Morgan fingerprint density at radius 3 is 2.89 bits per heavy atom. The van der Waals surface area contributed by atoms with Gasteiger partial charge in [-0.1, -0.05) is 0 Å². The molecule has 0 aliphatic carbocycles. The monoisotopic (exact) mass is 345 g/mol. The maximum Gasteiger partial charge on any atom is 0.320 e. The molecule has 1 N–H and O–H groups in total. The van der Waals surface area contributed by atoms with E-state index < -0.39 is 12.0 Å². The van der Waals surface area contributed by atoms with Crippen molar-refractivity contribution in [1.82, 2.24) is 15.1 Å². The van der Waals surface area contributed by atoms with Crippen LogP contribution in [0, 0.1) is 0 Å². The number of nitrogens with zero attached hydrogens (tertiary/aromatic N) is 3. The molecule has 0 spiro atoms. The molecule has 0 bridgehead atoms. The lowest BCUT2D eigenvalue weighted by molar-refractivity contribution is -0.142. The summed E-state index contributed by atoms with van der Waals surface area (Å²) in [4.78, 5) is 13.4. The molecule has 1 atom stereocenters. The zero-order valence-corrected chi connectivity index (χ0v) is 12.7. The Hall–Kier alpha value is -1.25. The molecular formula is C11H12BrN3O3S. The van der Waals surface area contributed by atoms with E-state index in [0.717, 1.165) is 8.66 Å². The Labute approximate surface area is 122 Å². The second kappa shape index (κ2) is 5.81. The van der Waals surface area contributed by atoms with E-state index in [0.29, 0.717) is 18.3 Å². The molecule has 19 heavy (non-hydrogen) atoms. The Morgan fingerprint density at radius 2 is 2.32 bits per heavy atom. The van der Waals surface area contributed by atoms with Gasteiger partial charge >= 0.3 is 5.97 Å². The minimum Gasteiger partial charge on any atom is -0.480 e. The van der Waals surface area contributed by atoms with Crippen molar-refractivity contribution in [2.75, 3.05) is 7.05 Å². The second-order valence-electron chi connectivity index (χ2n) is 4.03. The predicted molar refractivity (Wildman–Crippen MR) is 73.9 cm³/mol. The van der Waals surface area contributed by atoms with Crippen LogP contribution in [0.3, 0.4) is 0 Å². The number of hydrogen-bond acceptors (Lipinski definition) is 6. The highest BCUT2D eigenvalue weighted by molar-refractivity contribution is 9.11. The van der Waals surface area contributed by atoms with Crippen LogP contribution in [-0.4, -0.2) is 39.3 Å². The number of aromatic nitrogens is 2. The molecule has 0 saturated heterocycles. The van der Waals surface area contributed by atoms with Gasteiger partial charge < -0.3 is 9.52 Å². The van der Waals surface area contributed by atoms with Crippen molar-refractivity contribution in [3.05, 3.63) is 21.8 Å². The van der Waals surface area contributed by atoms with Crippen LogP contribution in [0.15, 0.2) is 20.3 Å². The van der Waals surface area contributed by atoms with Gasteiger partial charge in [-0.3, -0.25) is 9.69 Å². The van der Waals surface area contributed by atoms with E-state index in [2.05, 4.69) is 26.1 Å². The number of rotatable bonds is 5. The number of carboxylic acids is 1. The minimum absolute atomic E-state index is 0.299. The Morgan fingerprint density at radius 1 is 1.58 bits per heavy atom. The van der Waals surface area contributed by atoms with Crippen molar-refractivity contribution in [3.8, 4) is 10.8 Å². The van der Waals surface area contributed by atoms with Gasteiger partial charge in [0.25, 0.3) is 5.89 Å². The number of thiophene rings is 1. The highest BCUT2D eigenvalue weighted by Gasteiger charge is 2.19. The summed E-state index contributed by atoms with van der Waals surface area (Å²) in [7, 11) is 1.70. The molecule has 0 saturated carbocycles. The van der Waals surface area contributed by atoms with Crippen molar-refractivity contribution in [1.29, 1.82) is 0 Å². The molecule has 0 radical (unpaired) electrons. The molecule has 0 aliphatic heterocycles. The maximum absolute atomic E-state index is 10.8. The number of likely N-dealkylation sites (N-methyl/N-ethyl adjacent to an activating group) is 1. The number of carbonyl (C=O) groups is 1. The fourth-order valence-electron chi connectivity index (χ4n) is 1.39. The van der Waals surface area contributed by atoms with Gasteiger partial charge in [0, 0.05) is 0 Å². The van der Waals surface area contributed by atoms with Crippen LogP contribution >= 0.6 is 27.3 Å². The normalized spacial score (nSPS) is 12.8. The summed E-state index contributed by atoms with van der Waals surface area (Å²) in [6.07, 6.45) is 0. The summed E-state index contributed by atoms with van der Waals surface area (Å²) >= 11 is 4.86. The summed E-state index contributed by atoms with van der Waals surface area (Å²) in [5.41, 5.74) is 0. The topological polar surface area (TPSA) is 79.5 Å². The van der Waals surface area contributed by atoms with E-state index in [1.165, 1.54) is 11.3 Å². The molecule has 0 amide bonds. The van der Waals surface area contributed by atoms with Gasteiger partial charge in [0.15, 0.2) is 0 Å². The number of carboxylic acid groups (broad SMARTS) is 1. The molecule has 0 aliphatic rings. The SMILES string of the molecule is CC(C(=O)O)N(C)Cc1nnc(-c2ccc(Br)s2)o1. The lowest BCUT2D eigenvalue weighted by Gasteiger charge is -2.18. The zero-order valence-electron chi connectivity index (χ0n) is 10.3. The summed E-state index contributed by atoms with van der Waals surface area (Å²) in [5, 5.41) is 16.8. The van der Waals surface area contributed by atoms with Crippen LogP contribution in [0.5, 0.6) is 0 Å². The molecule has 2 aromatic heterocycles. The molecule has 102 valence electrons. The van der Waals surface area contributed by atoms with Crippen LogP contribution in [0.25, 0.3) is 10.8 Å². The minimum atomic E-state index is -0.885. The van der Waals surface area contributed by atoms with Crippen molar-refractivity contribution in [2.24, 2.45) is 0 Å². The first kappa shape index (κ1) is 14.2. The van der Waals surface area contributed by atoms with Crippen LogP contribution in [0.1, 0.15) is 12.8 Å². The first-order valence-electron chi connectivity index (χ1n) is 5.48. The second-order valence-corrected chi connectivity index (χ2v) is 6.50. The van der Waals surface area contributed by atoms with Gasteiger partial charge in [-0.05, 0) is 42.0 Å². The van der Waals surface area contributed by atoms with E-state index in [9.17, 15) is 4.79 Å². The number of hydrogen-bond donors (Lipinski definition) is 1. The van der Waals surface area contributed by atoms with Crippen LogP contribution < -0.4 is 0 Å². The summed E-state index contributed by atoms with van der Waals surface area (Å²) in [6.45, 7) is 1.91. The third kappa shape index (κ3) is 3.40. The van der Waals surface area contributed by atoms with Crippen molar-refractivity contribution < 1.29 is 14.3 Å². The Balaban J connectivity index is 2.07. The average molecular weight is 346 g/mol. The first-order chi connectivity index (χ1) is 8.97. The Kier molecular flexibility index (Phi) is 4.33. The smallest absolute Gasteiger partial charge is 0.320 e. The predicted octanol–water partition coefficient (Wildman–Crippen LogP) is 2.47. The maximum atomic E-state index is 10.8. The lowest BCUT2D eigenvalue weighted by Crippen LogP contribution is -2.35. The summed E-state index contributed by atoms with van der Waals surface area (Å²) in [5.74, 6) is -0.0402. The molecule has 1 unspecified atom stereocenters. The lowest BCUT2D eigenvalue weighted by atomic mass is 10.3. The average Bonchev–Trinajstić information content (AvgIpc) is 2.96. The molecule has 0 fully saturated rings. The van der Waals surface area contributed by atoms with Crippen LogP contribution in [0.4, 0.5) is 0 Å². The molecule has 0 aromatic carbocycles. The first-order valence-corrected chi connectivity index (χ1v) is 7.09. The summed E-state index contributed by atoms with van der Waals surface area (Å²) < 4.78 is 6.50. The van der Waals surface area contributed by atoms with Crippen LogP contribution in [0.2, 0.25) is 0 Å². The largest absolute Gasteiger partial charge is 0.480 e. The van der Waals surface area contributed by atoms with Crippen molar-refractivity contribution in [2.45, 2.75) is 19.5 Å². The fraction of sp³-hybridized carbons (Fsp3) is 0.364. The van der Waals surface area contributed by atoms with Gasteiger partial charge in [0.2, 0.25) is 5.89 Å². The molecular weight excluding hydrogens is 334 g/mol. The number of aliphatic carboxylic acids is 1. The van der Waals surface area contributed by atoms with E-state index in [1.807, 2.05) is 12.1 Å². The molecule has 8 heteroatoms. The third-order valence-corrected chi connectivity index (χ3v) is 4.27. The van der Waals surface area contributed by atoms with Gasteiger partial charge in [-0.25, -0.2) is 0 Å². The highest BCUT2D eigenvalue weighted by atomic mass is 79.9. The van der Waals surface area contributed by atoms with E-state index in [4.69, 9.17) is 9.52 Å². The quantitative estimate of drug-likeness (QED) is 0.896. The summed E-state index contributed by atoms with van der Waals surface area (Å²) in [6, 6.07) is 3.18. The fourth-order valence-corrected chi connectivity index (χ4v) is 2.69. The van der Waals surface area contributed by atoms with Crippen molar-refractivity contribution in [3.63, 3.8) is 0 Å². The molecule has 2 heterocycles.